The van der Waals surface area contributed by atoms with Crippen molar-refractivity contribution >= 4 is 21.6 Å². The molecule has 0 aliphatic carbocycles. The fraction of sp³-hybridized carbons (Fsp3) is 0.0952. The molecule has 0 bridgehead atoms. The van der Waals surface area contributed by atoms with Crippen molar-refractivity contribution in [1.82, 2.24) is 4.72 Å². The molecule has 0 heterocycles. The summed E-state index contributed by atoms with van der Waals surface area (Å²) in [5.74, 6) is -1.94. The van der Waals surface area contributed by atoms with Gasteiger partial charge >= 0.3 is 0 Å². The van der Waals surface area contributed by atoms with E-state index in [1.54, 1.807) is 36.4 Å². The number of anilines is 1. The lowest BCUT2D eigenvalue weighted by Crippen LogP contribution is -2.45. The highest BCUT2D eigenvalue weighted by Crippen LogP contribution is 2.16. The van der Waals surface area contributed by atoms with Crippen molar-refractivity contribution in [2.24, 2.45) is 0 Å². The fourth-order valence-corrected chi connectivity index (χ4v) is 3.88. The van der Waals surface area contributed by atoms with E-state index in [4.69, 9.17) is 0 Å². The van der Waals surface area contributed by atoms with E-state index in [9.17, 15) is 22.0 Å². The molecule has 0 saturated heterocycles. The number of sulfonamides is 1. The van der Waals surface area contributed by atoms with E-state index in [0.29, 0.717) is 5.56 Å². The van der Waals surface area contributed by atoms with Gasteiger partial charge in [0, 0.05) is 0 Å². The van der Waals surface area contributed by atoms with Gasteiger partial charge in [0.15, 0.2) is 0 Å². The van der Waals surface area contributed by atoms with Crippen LogP contribution in [0.15, 0.2) is 83.8 Å². The minimum absolute atomic E-state index is 0.0432. The van der Waals surface area contributed by atoms with Crippen molar-refractivity contribution in [1.29, 1.82) is 0 Å². The van der Waals surface area contributed by atoms with Crippen LogP contribution in [0.2, 0.25) is 0 Å². The first kappa shape index (κ1) is 20.6. The average molecular weight is 416 g/mol. The van der Waals surface area contributed by atoms with E-state index < -0.39 is 33.6 Å². The van der Waals surface area contributed by atoms with E-state index in [2.05, 4.69) is 10.0 Å². The molecule has 5 nitrogen and oxygen atoms in total. The molecule has 1 amide bonds. The third-order valence-electron chi connectivity index (χ3n) is 4.15. The van der Waals surface area contributed by atoms with Gasteiger partial charge in [0.05, 0.1) is 10.6 Å². The quantitative estimate of drug-likeness (QED) is 0.619. The van der Waals surface area contributed by atoms with Gasteiger partial charge < -0.3 is 5.32 Å². The monoisotopic (exact) mass is 416 g/mol. The maximum absolute atomic E-state index is 13.9. The molecule has 0 radical (unpaired) electrons. The number of hydrogen-bond donors (Lipinski definition) is 2. The van der Waals surface area contributed by atoms with Crippen LogP contribution < -0.4 is 10.0 Å². The Morgan fingerprint density at radius 1 is 0.862 bits per heavy atom. The molecular weight excluding hydrogens is 398 g/mol. The van der Waals surface area contributed by atoms with Gasteiger partial charge in [0.2, 0.25) is 15.9 Å². The summed E-state index contributed by atoms with van der Waals surface area (Å²) >= 11 is 0. The number of hydrogen-bond acceptors (Lipinski definition) is 3. The SMILES string of the molecule is O=C(Nc1ccccc1F)[C@@H](Cc1ccccc1)NS(=O)(=O)c1ccc(F)cc1. The van der Waals surface area contributed by atoms with E-state index >= 15 is 0 Å². The largest absolute Gasteiger partial charge is 0.322 e. The van der Waals surface area contributed by atoms with Gasteiger partial charge in [-0.1, -0.05) is 42.5 Å². The highest BCUT2D eigenvalue weighted by Gasteiger charge is 2.26. The molecule has 3 rings (SSSR count). The summed E-state index contributed by atoms with van der Waals surface area (Å²) in [5, 5.41) is 2.41. The zero-order chi connectivity index (χ0) is 20.9. The molecule has 2 N–H and O–H groups in total. The number of benzene rings is 3. The molecule has 3 aromatic carbocycles. The number of carbonyl (C=O) groups excluding carboxylic acids is 1. The summed E-state index contributed by atoms with van der Waals surface area (Å²) in [5.41, 5.74) is 0.652. The van der Waals surface area contributed by atoms with Gasteiger partial charge in [-0.15, -0.1) is 0 Å². The molecule has 3 aromatic rings. The van der Waals surface area contributed by atoms with Crippen LogP contribution in [0.3, 0.4) is 0 Å². The number of amides is 1. The summed E-state index contributed by atoms with van der Waals surface area (Å²) in [6, 6.07) is 17.4. The zero-order valence-corrected chi connectivity index (χ0v) is 16.0. The molecule has 0 saturated carbocycles. The van der Waals surface area contributed by atoms with Gasteiger partial charge in [-0.05, 0) is 48.4 Å². The Labute approximate surface area is 167 Å². The smallest absolute Gasteiger partial charge is 0.242 e. The molecule has 0 unspecified atom stereocenters. The normalized spacial score (nSPS) is 12.3. The summed E-state index contributed by atoms with van der Waals surface area (Å²) in [7, 11) is -4.12. The summed E-state index contributed by atoms with van der Waals surface area (Å²) in [4.78, 5) is 12.6. The predicted octanol–water partition coefficient (Wildman–Crippen LogP) is 3.49. The Morgan fingerprint density at radius 2 is 1.48 bits per heavy atom. The molecule has 0 spiro atoms. The van der Waals surface area contributed by atoms with Crippen LogP contribution in [0.25, 0.3) is 0 Å². The van der Waals surface area contributed by atoms with Gasteiger partial charge in [0.1, 0.15) is 17.7 Å². The van der Waals surface area contributed by atoms with Crippen molar-refractivity contribution in [3.05, 3.63) is 96.1 Å². The average Bonchev–Trinajstić information content (AvgIpc) is 2.70. The highest BCUT2D eigenvalue weighted by molar-refractivity contribution is 7.89. The lowest BCUT2D eigenvalue weighted by Gasteiger charge is -2.19. The Kier molecular flexibility index (Phi) is 6.36. The first-order valence-electron chi connectivity index (χ1n) is 8.72. The third kappa shape index (κ3) is 5.46. The highest BCUT2D eigenvalue weighted by atomic mass is 32.2. The van der Waals surface area contributed by atoms with E-state index in [0.717, 1.165) is 24.3 Å². The molecule has 8 heteroatoms. The number of halogens is 2. The van der Waals surface area contributed by atoms with Crippen molar-refractivity contribution in [3.63, 3.8) is 0 Å². The summed E-state index contributed by atoms with van der Waals surface area (Å²) in [6.07, 6.45) is 0.0432. The Balaban J connectivity index is 1.87. The van der Waals surface area contributed by atoms with Gasteiger partial charge in [-0.3, -0.25) is 4.79 Å². The number of carbonyl (C=O) groups is 1. The van der Waals surface area contributed by atoms with Gasteiger partial charge in [-0.2, -0.15) is 4.72 Å². The second-order valence-corrected chi connectivity index (χ2v) is 8.00. The van der Waals surface area contributed by atoms with Gasteiger partial charge in [0.25, 0.3) is 0 Å². The lowest BCUT2D eigenvalue weighted by molar-refractivity contribution is -0.117. The van der Waals surface area contributed by atoms with Crippen molar-refractivity contribution in [2.45, 2.75) is 17.4 Å². The van der Waals surface area contributed by atoms with Crippen molar-refractivity contribution in [3.8, 4) is 0 Å². The molecular formula is C21H18F2N2O3S. The lowest BCUT2D eigenvalue weighted by atomic mass is 10.1. The van der Waals surface area contributed by atoms with Crippen LogP contribution in [-0.2, 0) is 21.2 Å². The van der Waals surface area contributed by atoms with Crippen LogP contribution in [0.4, 0.5) is 14.5 Å². The van der Waals surface area contributed by atoms with Crippen molar-refractivity contribution < 1.29 is 22.0 Å². The van der Waals surface area contributed by atoms with E-state index in [1.807, 2.05) is 0 Å². The number of nitrogens with one attached hydrogen (secondary N) is 2. The number of rotatable bonds is 7. The Morgan fingerprint density at radius 3 is 2.14 bits per heavy atom. The van der Waals surface area contributed by atoms with E-state index in [-0.39, 0.29) is 17.0 Å². The van der Waals surface area contributed by atoms with Crippen LogP contribution >= 0.6 is 0 Å². The maximum Gasteiger partial charge on any atom is 0.242 e. The first-order valence-corrected chi connectivity index (χ1v) is 10.2. The summed E-state index contributed by atoms with van der Waals surface area (Å²) < 4.78 is 54.7. The van der Waals surface area contributed by atoms with Crippen LogP contribution in [0, 0.1) is 11.6 Å². The summed E-state index contributed by atoms with van der Waals surface area (Å²) in [6.45, 7) is 0. The molecule has 29 heavy (non-hydrogen) atoms. The van der Waals surface area contributed by atoms with Crippen LogP contribution in [0.1, 0.15) is 5.56 Å². The minimum atomic E-state index is -4.12. The molecule has 0 aliphatic rings. The van der Waals surface area contributed by atoms with E-state index in [1.165, 1.54) is 18.2 Å². The molecule has 1 atom stereocenters. The first-order chi connectivity index (χ1) is 13.8. The standard InChI is InChI=1S/C21H18F2N2O3S/c22-16-10-12-17(13-11-16)29(27,28)25-20(14-15-6-2-1-3-7-15)21(26)24-19-9-5-4-8-18(19)23/h1-13,20,25H,14H2,(H,24,26)/t20-/m1/s1. The second kappa shape index (κ2) is 8.93. The zero-order valence-electron chi connectivity index (χ0n) is 15.2. The van der Waals surface area contributed by atoms with Crippen LogP contribution in [0.5, 0.6) is 0 Å². The third-order valence-corrected chi connectivity index (χ3v) is 5.64. The topological polar surface area (TPSA) is 75.3 Å². The fourth-order valence-electron chi connectivity index (χ4n) is 2.69. The van der Waals surface area contributed by atoms with Crippen LogP contribution in [-0.4, -0.2) is 20.4 Å². The van der Waals surface area contributed by atoms with Gasteiger partial charge in [-0.25, -0.2) is 17.2 Å². The second-order valence-electron chi connectivity index (χ2n) is 6.29. The number of para-hydroxylation sites is 1. The molecule has 150 valence electrons. The minimum Gasteiger partial charge on any atom is -0.322 e. The Bertz CT molecular complexity index is 1090. The predicted molar refractivity (Wildman–Crippen MR) is 106 cm³/mol. The molecule has 0 fully saturated rings. The molecule has 0 aromatic heterocycles. The Hall–Kier alpha value is -3.10. The maximum atomic E-state index is 13.9. The molecule has 0 aliphatic heterocycles. The van der Waals surface area contributed by atoms with Crippen molar-refractivity contribution in [2.75, 3.05) is 5.32 Å².